The van der Waals surface area contributed by atoms with Gasteiger partial charge in [-0.1, -0.05) is 42.8 Å². The van der Waals surface area contributed by atoms with Crippen molar-refractivity contribution >= 4 is 28.3 Å². The Balaban J connectivity index is 1.49. The van der Waals surface area contributed by atoms with Gasteiger partial charge in [-0.25, -0.2) is 9.97 Å². The summed E-state index contributed by atoms with van der Waals surface area (Å²) in [5.41, 5.74) is 3.97. The molecular formula is C25H29N5O. The Morgan fingerprint density at radius 3 is 2.65 bits per heavy atom. The highest BCUT2D eigenvalue weighted by Gasteiger charge is 2.14. The van der Waals surface area contributed by atoms with Gasteiger partial charge in [-0.15, -0.1) is 0 Å². The fraction of sp³-hybridized carbons (Fsp3) is 0.320. The maximum absolute atomic E-state index is 12.6. The van der Waals surface area contributed by atoms with Crippen LogP contribution in [0.25, 0.3) is 10.9 Å². The van der Waals surface area contributed by atoms with E-state index in [1.807, 2.05) is 36.4 Å². The molecule has 0 radical (unpaired) electrons. The van der Waals surface area contributed by atoms with Crippen LogP contribution < -0.4 is 10.6 Å². The molecule has 1 aliphatic heterocycles. The summed E-state index contributed by atoms with van der Waals surface area (Å²) < 4.78 is 0. The van der Waals surface area contributed by atoms with Crippen molar-refractivity contribution in [3.8, 4) is 0 Å². The zero-order chi connectivity index (χ0) is 21.6. The average Bonchev–Trinajstić information content (AvgIpc) is 2.80. The van der Waals surface area contributed by atoms with Crippen LogP contribution in [0, 0.1) is 0 Å². The van der Waals surface area contributed by atoms with Crippen LogP contribution in [0.4, 0.5) is 11.5 Å². The number of amides is 1. The second-order valence-electron chi connectivity index (χ2n) is 7.96. The third-order valence-corrected chi connectivity index (χ3v) is 5.84. The van der Waals surface area contributed by atoms with Crippen LogP contribution in [-0.4, -0.2) is 40.4 Å². The summed E-state index contributed by atoms with van der Waals surface area (Å²) in [6, 6.07) is 16.1. The molecule has 4 rings (SSSR count). The number of nitrogens with zero attached hydrogens (tertiary/aromatic N) is 3. The lowest BCUT2D eigenvalue weighted by molar-refractivity contribution is -0.112. The maximum atomic E-state index is 12.6. The molecule has 3 aromatic rings. The van der Waals surface area contributed by atoms with Gasteiger partial charge < -0.3 is 15.5 Å². The van der Waals surface area contributed by atoms with E-state index in [2.05, 4.69) is 51.5 Å². The lowest BCUT2D eigenvalue weighted by atomic mass is 10.0. The van der Waals surface area contributed by atoms with Crippen molar-refractivity contribution in [2.24, 2.45) is 0 Å². The highest BCUT2D eigenvalue weighted by molar-refractivity contribution is 6.02. The van der Waals surface area contributed by atoms with Crippen LogP contribution in [0.2, 0.25) is 0 Å². The van der Waals surface area contributed by atoms with Crippen molar-refractivity contribution in [2.75, 3.05) is 30.3 Å². The van der Waals surface area contributed by atoms with E-state index < -0.39 is 0 Å². The molecule has 0 spiro atoms. The van der Waals surface area contributed by atoms with Gasteiger partial charge in [0.1, 0.15) is 12.1 Å². The molecule has 0 bridgehead atoms. The molecule has 1 fully saturated rings. The largest absolute Gasteiger partial charge is 0.363 e. The van der Waals surface area contributed by atoms with Gasteiger partial charge in [-0.2, -0.15) is 0 Å². The zero-order valence-electron chi connectivity index (χ0n) is 18.1. The summed E-state index contributed by atoms with van der Waals surface area (Å²) in [5.74, 6) is 0.672. The fourth-order valence-electron chi connectivity index (χ4n) is 3.94. The standard InChI is InChI=1S/C25H29N5O/c1-3-30-13-11-19(12-14-30)15-24(31)29-21-9-10-23-22(16-21)25(27-17-26-23)28-18(2)20-7-5-4-6-8-20/h4-10,15-18H,3,11-14H2,1-2H3,(H,29,31)(H,26,27,28)/t18-/m0/s1. The lowest BCUT2D eigenvalue weighted by Gasteiger charge is -2.26. The Labute approximate surface area is 183 Å². The van der Waals surface area contributed by atoms with Gasteiger partial charge in [0.2, 0.25) is 5.91 Å². The number of hydrogen-bond acceptors (Lipinski definition) is 5. The first-order chi connectivity index (χ1) is 15.1. The van der Waals surface area contributed by atoms with Crippen molar-refractivity contribution in [1.29, 1.82) is 0 Å². The maximum Gasteiger partial charge on any atom is 0.248 e. The minimum Gasteiger partial charge on any atom is -0.363 e. The number of carbonyl (C=O) groups is 1. The molecule has 1 atom stereocenters. The molecule has 1 amide bonds. The number of nitrogens with one attached hydrogen (secondary N) is 2. The molecule has 2 aromatic carbocycles. The molecule has 2 N–H and O–H groups in total. The van der Waals surface area contributed by atoms with Gasteiger partial charge in [0.15, 0.2) is 0 Å². The highest BCUT2D eigenvalue weighted by atomic mass is 16.1. The van der Waals surface area contributed by atoms with Crippen LogP contribution in [0.3, 0.4) is 0 Å². The first-order valence-electron chi connectivity index (χ1n) is 10.9. The smallest absolute Gasteiger partial charge is 0.248 e. The minimum atomic E-state index is -0.0803. The van der Waals surface area contributed by atoms with Crippen molar-refractivity contribution in [3.05, 3.63) is 72.1 Å². The van der Waals surface area contributed by atoms with E-state index >= 15 is 0 Å². The van der Waals surface area contributed by atoms with Gasteiger partial charge in [0, 0.05) is 36.3 Å². The predicted octanol–water partition coefficient (Wildman–Crippen LogP) is 4.78. The Kier molecular flexibility index (Phi) is 6.57. The van der Waals surface area contributed by atoms with Crippen molar-refractivity contribution in [3.63, 3.8) is 0 Å². The lowest BCUT2D eigenvalue weighted by Crippen LogP contribution is -2.30. The molecule has 160 valence electrons. The van der Waals surface area contributed by atoms with E-state index in [0.717, 1.165) is 54.9 Å². The first kappa shape index (κ1) is 21.0. The average molecular weight is 416 g/mol. The predicted molar refractivity (Wildman–Crippen MR) is 126 cm³/mol. The summed E-state index contributed by atoms with van der Waals surface area (Å²) in [6.07, 6.45) is 5.24. The second-order valence-corrected chi connectivity index (χ2v) is 7.96. The summed E-state index contributed by atoms with van der Waals surface area (Å²) in [6.45, 7) is 7.40. The van der Waals surface area contributed by atoms with Gasteiger partial charge in [-0.05, 0) is 50.1 Å². The number of aromatic nitrogens is 2. The molecule has 0 aliphatic carbocycles. The molecule has 6 heteroatoms. The molecule has 0 unspecified atom stereocenters. The molecule has 1 saturated heterocycles. The van der Waals surface area contributed by atoms with Crippen LogP contribution in [0.1, 0.15) is 38.3 Å². The summed E-state index contributed by atoms with van der Waals surface area (Å²) in [5, 5.41) is 7.36. The van der Waals surface area contributed by atoms with Crippen LogP contribution in [-0.2, 0) is 4.79 Å². The molecule has 2 heterocycles. The number of rotatable bonds is 6. The van der Waals surface area contributed by atoms with E-state index in [1.165, 1.54) is 11.1 Å². The number of fused-ring (bicyclic) bond motifs is 1. The first-order valence-corrected chi connectivity index (χ1v) is 10.9. The molecule has 1 aromatic heterocycles. The monoisotopic (exact) mass is 415 g/mol. The fourth-order valence-corrected chi connectivity index (χ4v) is 3.94. The van der Waals surface area contributed by atoms with E-state index in [4.69, 9.17) is 0 Å². The Morgan fingerprint density at radius 1 is 1.13 bits per heavy atom. The highest BCUT2D eigenvalue weighted by Crippen LogP contribution is 2.26. The quantitative estimate of drug-likeness (QED) is 0.567. The second kappa shape index (κ2) is 9.71. The molecule has 6 nitrogen and oxygen atoms in total. The summed E-state index contributed by atoms with van der Waals surface area (Å²) >= 11 is 0. The van der Waals surface area contributed by atoms with Crippen molar-refractivity contribution in [1.82, 2.24) is 14.9 Å². The molecule has 1 aliphatic rings. The van der Waals surface area contributed by atoms with Crippen molar-refractivity contribution < 1.29 is 4.79 Å². The van der Waals surface area contributed by atoms with E-state index in [0.29, 0.717) is 0 Å². The Morgan fingerprint density at radius 2 is 1.90 bits per heavy atom. The summed E-state index contributed by atoms with van der Waals surface area (Å²) in [4.78, 5) is 23.8. The van der Waals surface area contributed by atoms with E-state index in [1.54, 1.807) is 12.4 Å². The normalized spacial score (nSPS) is 15.5. The van der Waals surface area contributed by atoms with Crippen molar-refractivity contribution in [2.45, 2.75) is 32.7 Å². The SMILES string of the molecule is CCN1CCC(=CC(=O)Nc2ccc3ncnc(N[C@@H](C)c4ccccc4)c3c2)CC1. The van der Waals surface area contributed by atoms with Gasteiger partial charge in [0.05, 0.1) is 5.52 Å². The Hall–Kier alpha value is -3.25. The van der Waals surface area contributed by atoms with Crippen LogP contribution >= 0.6 is 0 Å². The number of piperidine rings is 1. The summed E-state index contributed by atoms with van der Waals surface area (Å²) in [7, 11) is 0. The zero-order valence-corrected chi connectivity index (χ0v) is 18.1. The third-order valence-electron chi connectivity index (χ3n) is 5.84. The number of anilines is 2. The van der Waals surface area contributed by atoms with Gasteiger partial charge in [-0.3, -0.25) is 4.79 Å². The molecular weight excluding hydrogens is 386 g/mol. The van der Waals surface area contributed by atoms with E-state index in [-0.39, 0.29) is 11.9 Å². The number of likely N-dealkylation sites (tertiary alicyclic amines) is 1. The number of hydrogen-bond donors (Lipinski definition) is 2. The van der Waals surface area contributed by atoms with Gasteiger partial charge >= 0.3 is 0 Å². The minimum absolute atomic E-state index is 0.0803. The molecule has 0 saturated carbocycles. The van der Waals surface area contributed by atoms with E-state index in [9.17, 15) is 4.79 Å². The number of carbonyl (C=O) groups excluding carboxylic acids is 1. The Bertz CT molecular complexity index is 1070. The third kappa shape index (κ3) is 5.27. The number of benzene rings is 2. The van der Waals surface area contributed by atoms with Gasteiger partial charge in [0.25, 0.3) is 0 Å². The topological polar surface area (TPSA) is 70.2 Å². The van der Waals surface area contributed by atoms with Crippen LogP contribution in [0.15, 0.2) is 66.5 Å². The van der Waals surface area contributed by atoms with Crippen LogP contribution in [0.5, 0.6) is 0 Å². The molecule has 31 heavy (non-hydrogen) atoms.